The molecule has 0 amide bonds. The fourth-order valence-corrected chi connectivity index (χ4v) is 2.33. The summed E-state index contributed by atoms with van der Waals surface area (Å²) < 4.78 is 0. The van der Waals surface area contributed by atoms with Crippen molar-refractivity contribution in [2.75, 3.05) is 20.2 Å². The van der Waals surface area contributed by atoms with Gasteiger partial charge in [-0.05, 0) is 32.9 Å². The summed E-state index contributed by atoms with van der Waals surface area (Å²) >= 11 is 0. The van der Waals surface area contributed by atoms with E-state index in [1.54, 1.807) is 0 Å². The molecule has 2 aliphatic rings. The fourth-order valence-electron chi connectivity index (χ4n) is 2.33. The average molecular weight is 141 g/mol. The molecule has 1 heterocycles. The summed E-state index contributed by atoms with van der Waals surface area (Å²) in [7, 11) is 2.18. The number of likely N-dealkylation sites (tertiary alicyclic amines) is 1. The Bertz CT molecular complexity index is 142. The molecule has 0 bridgehead atoms. The standard InChI is InChI=1S/C8H15NO/c1-9-5-2-7(6-10)8(9)3-4-8/h7,10H,2-6H2,1H3. The summed E-state index contributed by atoms with van der Waals surface area (Å²) in [6, 6.07) is 0. The molecule has 1 aliphatic heterocycles. The van der Waals surface area contributed by atoms with Crippen LogP contribution in [0.3, 0.4) is 0 Å². The minimum Gasteiger partial charge on any atom is -0.396 e. The van der Waals surface area contributed by atoms with Crippen molar-refractivity contribution in [1.29, 1.82) is 0 Å². The van der Waals surface area contributed by atoms with E-state index in [1.165, 1.54) is 25.8 Å². The molecule has 2 rings (SSSR count). The van der Waals surface area contributed by atoms with Crippen LogP contribution in [0.5, 0.6) is 0 Å². The van der Waals surface area contributed by atoms with Gasteiger partial charge in [0.15, 0.2) is 0 Å². The molecule has 0 aromatic heterocycles. The molecule has 0 aromatic rings. The summed E-state index contributed by atoms with van der Waals surface area (Å²) in [5, 5.41) is 9.03. The first-order valence-electron chi connectivity index (χ1n) is 4.12. The number of rotatable bonds is 1. The quantitative estimate of drug-likeness (QED) is 0.573. The maximum absolute atomic E-state index is 9.03. The topological polar surface area (TPSA) is 23.5 Å². The van der Waals surface area contributed by atoms with Gasteiger partial charge in [-0.2, -0.15) is 0 Å². The molecule has 2 heteroatoms. The molecular weight excluding hydrogens is 126 g/mol. The number of aliphatic hydroxyl groups is 1. The molecule has 1 spiro atoms. The lowest BCUT2D eigenvalue weighted by Gasteiger charge is -2.22. The van der Waals surface area contributed by atoms with Gasteiger partial charge < -0.3 is 10.0 Å². The third-order valence-corrected chi connectivity index (χ3v) is 3.32. The molecule has 10 heavy (non-hydrogen) atoms. The van der Waals surface area contributed by atoms with E-state index in [4.69, 9.17) is 5.11 Å². The van der Waals surface area contributed by atoms with Gasteiger partial charge in [0, 0.05) is 18.1 Å². The van der Waals surface area contributed by atoms with Gasteiger partial charge in [-0.15, -0.1) is 0 Å². The summed E-state index contributed by atoms with van der Waals surface area (Å²) in [5.74, 6) is 0.581. The predicted molar refractivity (Wildman–Crippen MR) is 39.8 cm³/mol. The van der Waals surface area contributed by atoms with Crippen LogP contribution >= 0.6 is 0 Å². The van der Waals surface area contributed by atoms with Crippen molar-refractivity contribution < 1.29 is 5.11 Å². The predicted octanol–water partition coefficient (Wildman–Crippen LogP) is 0.463. The zero-order valence-corrected chi connectivity index (χ0v) is 6.51. The second-order valence-corrected chi connectivity index (χ2v) is 3.69. The number of aliphatic hydroxyl groups excluding tert-OH is 1. The van der Waals surface area contributed by atoms with Crippen molar-refractivity contribution in [3.05, 3.63) is 0 Å². The Labute approximate surface area is 61.8 Å². The van der Waals surface area contributed by atoms with Crippen molar-refractivity contribution in [3.8, 4) is 0 Å². The minimum atomic E-state index is 0.393. The highest BCUT2D eigenvalue weighted by Crippen LogP contribution is 2.52. The number of hydrogen-bond donors (Lipinski definition) is 1. The summed E-state index contributed by atoms with van der Waals surface area (Å²) in [6.07, 6.45) is 3.83. The van der Waals surface area contributed by atoms with Crippen molar-refractivity contribution in [1.82, 2.24) is 4.90 Å². The molecule has 1 atom stereocenters. The van der Waals surface area contributed by atoms with Crippen LogP contribution in [0.15, 0.2) is 0 Å². The van der Waals surface area contributed by atoms with Crippen LogP contribution in [0.25, 0.3) is 0 Å². The van der Waals surface area contributed by atoms with E-state index >= 15 is 0 Å². The molecule has 1 saturated heterocycles. The SMILES string of the molecule is CN1CCC(CO)C12CC2. The highest BCUT2D eigenvalue weighted by molar-refractivity contribution is 5.10. The maximum Gasteiger partial charge on any atom is 0.0477 e. The lowest BCUT2D eigenvalue weighted by Crippen LogP contribution is -2.32. The molecular formula is C8H15NO. The monoisotopic (exact) mass is 141 g/mol. The van der Waals surface area contributed by atoms with E-state index in [0.29, 0.717) is 18.1 Å². The smallest absolute Gasteiger partial charge is 0.0477 e. The van der Waals surface area contributed by atoms with Gasteiger partial charge in [0.1, 0.15) is 0 Å². The maximum atomic E-state index is 9.03. The highest BCUT2D eigenvalue weighted by atomic mass is 16.3. The molecule has 1 aliphatic carbocycles. The Morgan fingerprint density at radius 2 is 2.30 bits per heavy atom. The normalized spacial score (nSPS) is 37.2. The van der Waals surface area contributed by atoms with Crippen LogP contribution in [0.4, 0.5) is 0 Å². The van der Waals surface area contributed by atoms with Gasteiger partial charge in [0.05, 0.1) is 0 Å². The highest BCUT2D eigenvalue weighted by Gasteiger charge is 2.55. The van der Waals surface area contributed by atoms with Gasteiger partial charge in [-0.1, -0.05) is 0 Å². The van der Waals surface area contributed by atoms with Gasteiger partial charge >= 0.3 is 0 Å². The lowest BCUT2D eigenvalue weighted by molar-refractivity contribution is 0.167. The van der Waals surface area contributed by atoms with E-state index in [2.05, 4.69) is 11.9 Å². The molecule has 0 aromatic carbocycles. The van der Waals surface area contributed by atoms with E-state index < -0.39 is 0 Å². The van der Waals surface area contributed by atoms with E-state index in [-0.39, 0.29) is 0 Å². The van der Waals surface area contributed by atoms with Crippen LogP contribution in [-0.4, -0.2) is 35.7 Å². The van der Waals surface area contributed by atoms with Crippen LogP contribution < -0.4 is 0 Å². The molecule has 1 unspecified atom stereocenters. The molecule has 1 saturated carbocycles. The third-order valence-electron chi connectivity index (χ3n) is 3.32. The zero-order chi connectivity index (χ0) is 7.19. The van der Waals surface area contributed by atoms with Gasteiger partial charge in [-0.25, -0.2) is 0 Å². The lowest BCUT2D eigenvalue weighted by atomic mass is 10.00. The summed E-state index contributed by atoms with van der Waals surface area (Å²) in [5.41, 5.74) is 0.453. The van der Waals surface area contributed by atoms with Crippen molar-refractivity contribution in [2.24, 2.45) is 5.92 Å². The van der Waals surface area contributed by atoms with Crippen molar-refractivity contribution >= 4 is 0 Å². The Kier molecular flexibility index (Phi) is 1.29. The van der Waals surface area contributed by atoms with Crippen LogP contribution in [-0.2, 0) is 0 Å². The Morgan fingerprint density at radius 1 is 1.60 bits per heavy atom. The Hall–Kier alpha value is -0.0800. The average Bonchev–Trinajstić information content (AvgIpc) is 2.63. The number of nitrogens with zero attached hydrogens (tertiary/aromatic N) is 1. The van der Waals surface area contributed by atoms with Gasteiger partial charge in [-0.3, -0.25) is 0 Å². The Morgan fingerprint density at radius 3 is 2.70 bits per heavy atom. The summed E-state index contributed by atoms with van der Waals surface area (Å²) in [4.78, 5) is 2.42. The fraction of sp³-hybridized carbons (Fsp3) is 1.00. The van der Waals surface area contributed by atoms with Crippen LogP contribution in [0, 0.1) is 5.92 Å². The zero-order valence-electron chi connectivity index (χ0n) is 6.51. The van der Waals surface area contributed by atoms with Crippen LogP contribution in [0.2, 0.25) is 0 Å². The minimum absolute atomic E-state index is 0.393. The second-order valence-electron chi connectivity index (χ2n) is 3.69. The third kappa shape index (κ3) is 0.663. The van der Waals surface area contributed by atoms with Gasteiger partial charge in [0.2, 0.25) is 0 Å². The van der Waals surface area contributed by atoms with Crippen molar-refractivity contribution in [3.63, 3.8) is 0 Å². The summed E-state index contributed by atoms with van der Waals surface area (Å²) in [6.45, 7) is 1.58. The largest absolute Gasteiger partial charge is 0.396 e. The second kappa shape index (κ2) is 1.95. The Balaban J connectivity index is 2.11. The molecule has 2 nitrogen and oxygen atoms in total. The van der Waals surface area contributed by atoms with Crippen LogP contribution in [0.1, 0.15) is 19.3 Å². The van der Waals surface area contributed by atoms with E-state index in [1.807, 2.05) is 0 Å². The van der Waals surface area contributed by atoms with Gasteiger partial charge in [0.25, 0.3) is 0 Å². The molecule has 2 fully saturated rings. The van der Waals surface area contributed by atoms with Crippen molar-refractivity contribution in [2.45, 2.75) is 24.8 Å². The molecule has 1 N–H and O–H groups in total. The first-order valence-corrected chi connectivity index (χ1v) is 4.12. The number of hydrogen-bond acceptors (Lipinski definition) is 2. The van der Waals surface area contributed by atoms with E-state index in [0.717, 1.165) is 0 Å². The first-order chi connectivity index (χ1) is 4.79. The first kappa shape index (κ1) is 6.62. The molecule has 0 radical (unpaired) electrons. The molecule has 58 valence electrons. The van der Waals surface area contributed by atoms with E-state index in [9.17, 15) is 0 Å².